The number of halogens is 2. The van der Waals surface area contributed by atoms with Gasteiger partial charge in [0, 0.05) is 10.0 Å². The van der Waals surface area contributed by atoms with Crippen LogP contribution in [0.4, 0.5) is 5.69 Å². The molecule has 0 saturated carbocycles. The Morgan fingerprint density at radius 1 is 1.00 bits per heavy atom. The van der Waals surface area contributed by atoms with E-state index in [9.17, 15) is 13.2 Å². The van der Waals surface area contributed by atoms with Crippen LogP contribution in [0.5, 0.6) is 0 Å². The number of hydrogen-bond donors (Lipinski definition) is 1. The first-order chi connectivity index (χ1) is 13.8. The highest BCUT2D eigenvalue weighted by atomic mass is 35.5. The molecule has 0 spiro atoms. The van der Waals surface area contributed by atoms with E-state index in [-0.39, 0.29) is 24.1 Å². The molecule has 5 nitrogen and oxygen atoms in total. The third kappa shape index (κ3) is 5.68. The first-order valence-corrected chi connectivity index (χ1v) is 12.3. The van der Waals surface area contributed by atoms with Crippen molar-refractivity contribution in [2.75, 3.05) is 10.6 Å². The minimum Gasteiger partial charge on any atom is -0.348 e. The molecule has 0 heterocycles. The van der Waals surface area contributed by atoms with Crippen LogP contribution in [0.3, 0.4) is 0 Å². The molecule has 164 valence electrons. The van der Waals surface area contributed by atoms with E-state index in [4.69, 9.17) is 23.2 Å². The number of anilines is 1. The summed E-state index contributed by atoms with van der Waals surface area (Å²) in [7, 11) is -3.77. The van der Waals surface area contributed by atoms with E-state index in [0.29, 0.717) is 10.0 Å². The number of nitrogens with zero attached hydrogens (tertiary/aromatic N) is 1. The number of carbonyl (C=O) groups is 1. The quantitative estimate of drug-likeness (QED) is 0.593. The summed E-state index contributed by atoms with van der Waals surface area (Å²) >= 11 is 12.1. The van der Waals surface area contributed by atoms with Crippen LogP contribution in [-0.4, -0.2) is 26.6 Å². The summed E-state index contributed by atoms with van der Waals surface area (Å²) in [6.45, 7) is 9.72. The summed E-state index contributed by atoms with van der Waals surface area (Å²) < 4.78 is 26.3. The molecule has 1 N–H and O–H groups in total. The Kier molecular flexibility index (Phi) is 7.83. The number of nitrogens with one attached hydrogen (secondary N) is 1. The van der Waals surface area contributed by atoms with Gasteiger partial charge in [-0.3, -0.25) is 9.10 Å². The molecule has 2 atom stereocenters. The van der Waals surface area contributed by atoms with Crippen molar-refractivity contribution < 1.29 is 13.2 Å². The second-order valence-electron chi connectivity index (χ2n) is 7.63. The lowest BCUT2D eigenvalue weighted by molar-refractivity contribution is -0.122. The minimum absolute atomic E-state index is 0.256. The van der Waals surface area contributed by atoms with Crippen molar-refractivity contribution in [1.82, 2.24) is 5.32 Å². The molecule has 0 fully saturated rings. The Morgan fingerprint density at radius 3 is 2.03 bits per heavy atom. The van der Waals surface area contributed by atoms with Crippen LogP contribution in [-0.2, 0) is 14.8 Å². The molecule has 2 rings (SSSR count). The van der Waals surface area contributed by atoms with Crippen LogP contribution in [0.2, 0.25) is 10.0 Å². The van der Waals surface area contributed by atoms with E-state index in [1.807, 2.05) is 27.7 Å². The first-order valence-electron chi connectivity index (χ1n) is 9.68. The number of rotatable bonds is 7. The molecule has 1 amide bonds. The maximum Gasteiger partial charge on any atom is 0.244 e. The van der Waals surface area contributed by atoms with Gasteiger partial charge < -0.3 is 5.32 Å². The number of amides is 1. The standard InChI is InChI=1S/C22H28Cl2N2O3S/c1-7-21(26(30(6,28)29)19-11-17(23)10-18(24)12-19)22(27)25-16(5)20-9-14(3)13(2)8-15(20)4/h8-12,16,21H,7H2,1-6H3,(H,25,27)/t16-,21+/m0/s1. The van der Waals surface area contributed by atoms with Crippen molar-refractivity contribution in [3.8, 4) is 0 Å². The van der Waals surface area contributed by atoms with Crippen molar-refractivity contribution in [1.29, 1.82) is 0 Å². The maximum atomic E-state index is 13.2. The molecular formula is C22H28Cl2N2O3S. The highest BCUT2D eigenvalue weighted by molar-refractivity contribution is 7.92. The molecule has 0 aromatic heterocycles. The van der Waals surface area contributed by atoms with Crippen LogP contribution in [0.1, 0.15) is 48.6 Å². The summed E-state index contributed by atoms with van der Waals surface area (Å²) in [5.41, 5.74) is 4.64. The van der Waals surface area contributed by atoms with Gasteiger partial charge in [0.1, 0.15) is 6.04 Å². The summed E-state index contributed by atoms with van der Waals surface area (Å²) in [6.07, 6.45) is 1.34. The largest absolute Gasteiger partial charge is 0.348 e. The van der Waals surface area contributed by atoms with E-state index in [2.05, 4.69) is 17.4 Å². The number of aryl methyl sites for hydroxylation is 3. The predicted molar refractivity (Wildman–Crippen MR) is 125 cm³/mol. The fourth-order valence-corrected chi connectivity index (χ4v) is 5.27. The summed E-state index contributed by atoms with van der Waals surface area (Å²) in [5, 5.41) is 3.56. The average Bonchev–Trinajstić information content (AvgIpc) is 2.60. The normalized spacial score (nSPS) is 13.6. The van der Waals surface area contributed by atoms with Crippen molar-refractivity contribution in [2.45, 2.75) is 53.1 Å². The molecule has 0 unspecified atom stereocenters. The zero-order valence-electron chi connectivity index (χ0n) is 18.1. The highest BCUT2D eigenvalue weighted by Crippen LogP contribution is 2.30. The van der Waals surface area contributed by atoms with E-state index < -0.39 is 16.1 Å². The molecule has 2 aromatic rings. The summed E-state index contributed by atoms with van der Waals surface area (Å²) in [5.74, 6) is -0.385. The molecule has 8 heteroatoms. The van der Waals surface area contributed by atoms with Gasteiger partial charge in [0.15, 0.2) is 0 Å². The monoisotopic (exact) mass is 470 g/mol. The van der Waals surface area contributed by atoms with Gasteiger partial charge >= 0.3 is 0 Å². The number of sulfonamides is 1. The van der Waals surface area contributed by atoms with Crippen molar-refractivity contribution >= 4 is 44.8 Å². The van der Waals surface area contributed by atoms with Gasteiger partial charge in [-0.15, -0.1) is 0 Å². The van der Waals surface area contributed by atoms with Crippen molar-refractivity contribution in [2.24, 2.45) is 0 Å². The zero-order valence-corrected chi connectivity index (χ0v) is 20.4. The van der Waals surface area contributed by atoms with Gasteiger partial charge in [-0.25, -0.2) is 8.42 Å². The molecule has 0 bridgehead atoms. The predicted octanol–water partition coefficient (Wildman–Crippen LogP) is 5.34. The first kappa shape index (κ1) is 24.5. The van der Waals surface area contributed by atoms with Crippen molar-refractivity contribution in [3.63, 3.8) is 0 Å². The smallest absolute Gasteiger partial charge is 0.244 e. The summed E-state index contributed by atoms with van der Waals surface area (Å²) in [6, 6.07) is 7.41. The Bertz CT molecular complexity index is 1030. The van der Waals surface area contributed by atoms with E-state index in [1.54, 1.807) is 6.92 Å². The molecule has 0 aliphatic carbocycles. The van der Waals surface area contributed by atoms with Gasteiger partial charge in [0.05, 0.1) is 18.0 Å². The van der Waals surface area contributed by atoms with E-state index >= 15 is 0 Å². The molecule has 2 aromatic carbocycles. The Labute approximate surface area is 189 Å². The molecular weight excluding hydrogens is 443 g/mol. The SMILES string of the molecule is CC[C@H](C(=O)N[C@@H](C)c1cc(C)c(C)cc1C)N(c1cc(Cl)cc(Cl)c1)S(C)(=O)=O. The van der Waals surface area contributed by atoms with Crippen LogP contribution in [0.25, 0.3) is 0 Å². The fraction of sp³-hybridized carbons (Fsp3) is 0.409. The van der Waals surface area contributed by atoms with Gasteiger partial charge in [0.25, 0.3) is 0 Å². The molecule has 30 heavy (non-hydrogen) atoms. The van der Waals surface area contributed by atoms with Crippen LogP contribution in [0.15, 0.2) is 30.3 Å². The van der Waals surface area contributed by atoms with Crippen LogP contribution < -0.4 is 9.62 Å². The number of carbonyl (C=O) groups excluding carboxylic acids is 1. The van der Waals surface area contributed by atoms with Crippen LogP contribution >= 0.6 is 23.2 Å². The lowest BCUT2D eigenvalue weighted by Crippen LogP contribution is -2.49. The maximum absolute atomic E-state index is 13.2. The Hall–Kier alpha value is -1.76. The molecule has 0 aliphatic heterocycles. The second kappa shape index (κ2) is 9.58. The van der Waals surface area contributed by atoms with Gasteiger partial charge in [0.2, 0.25) is 15.9 Å². The molecule has 0 aliphatic rings. The Balaban J connectivity index is 2.40. The lowest BCUT2D eigenvalue weighted by atomic mass is 9.96. The fourth-order valence-electron chi connectivity index (χ4n) is 3.56. The number of benzene rings is 2. The van der Waals surface area contributed by atoms with Gasteiger partial charge in [-0.1, -0.05) is 42.3 Å². The van der Waals surface area contributed by atoms with Crippen molar-refractivity contribution in [3.05, 3.63) is 62.6 Å². The average molecular weight is 471 g/mol. The van der Waals surface area contributed by atoms with Gasteiger partial charge in [-0.2, -0.15) is 0 Å². The zero-order chi connectivity index (χ0) is 22.8. The summed E-state index contributed by atoms with van der Waals surface area (Å²) in [4.78, 5) is 13.2. The van der Waals surface area contributed by atoms with E-state index in [1.165, 1.54) is 23.8 Å². The second-order valence-corrected chi connectivity index (χ2v) is 10.4. The number of hydrogen-bond acceptors (Lipinski definition) is 3. The van der Waals surface area contributed by atoms with E-state index in [0.717, 1.165) is 27.3 Å². The molecule has 0 saturated heterocycles. The minimum atomic E-state index is -3.77. The lowest BCUT2D eigenvalue weighted by Gasteiger charge is -2.31. The molecule has 0 radical (unpaired) electrons. The van der Waals surface area contributed by atoms with Gasteiger partial charge in [-0.05, 0) is 74.6 Å². The Morgan fingerprint density at radius 2 is 1.53 bits per heavy atom. The topological polar surface area (TPSA) is 66.5 Å². The van der Waals surface area contributed by atoms with Crippen LogP contribution in [0, 0.1) is 20.8 Å². The third-order valence-electron chi connectivity index (χ3n) is 5.14. The third-order valence-corrected chi connectivity index (χ3v) is 6.76. The highest BCUT2D eigenvalue weighted by Gasteiger charge is 2.32.